The van der Waals surface area contributed by atoms with Gasteiger partial charge >= 0.3 is 0 Å². The van der Waals surface area contributed by atoms with Gasteiger partial charge in [-0.1, -0.05) is 217 Å². The lowest BCUT2D eigenvalue weighted by Gasteiger charge is -2.19. The molecule has 0 fully saturated rings. The third-order valence-electron chi connectivity index (χ3n) is 17.6. The monoisotopic (exact) mass is 1100 g/mol. The molecule has 6 heteroatoms. The highest BCUT2D eigenvalue weighted by Crippen LogP contribution is 2.43. The molecule has 0 N–H and O–H groups in total. The third kappa shape index (κ3) is 9.40. The summed E-state index contributed by atoms with van der Waals surface area (Å²) in [5.41, 5.74) is 20.4. The number of nitrogens with zero attached hydrogens (tertiary/aromatic N) is 6. The van der Waals surface area contributed by atoms with Crippen molar-refractivity contribution in [1.82, 2.24) is 28.7 Å². The average molecular weight is 1110 g/mol. The van der Waals surface area contributed by atoms with Gasteiger partial charge in [0.05, 0.1) is 33.1 Å². The number of hydrogen-bond donors (Lipinski definition) is 0. The molecule has 85 heavy (non-hydrogen) atoms. The second kappa shape index (κ2) is 19.6. The SMILES string of the molecule is CC(C)(C)c1ccc2c(c1)c1cc(C(C)(C)C)ccc1n2-c1ccc2c(c1)c1cc(-n3c4ccc(C(C)(C)C)cc4c4cc(C(C)(C)C)ccc43)ccc1n2-c1nc(-c2ccc(-c3ccccc3)cc2)nc(-c2ccc(-c3ccccc3)cc2)n1. The second-order valence-electron chi connectivity index (χ2n) is 27.5. The molecule has 4 heterocycles. The molecule has 0 saturated heterocycles. The van der Waals surface area contributed by atoms with Crippen LogP contribution in [0.5, 0.6) is 0 Å². The van der Waals surface area contributed by atoms with Crippen LogP contribution in [-0.2, 0) is 21.7 Å². The van der Waals surface area contributed by atoms with Crippen LogP contribution in [0.4, 0.5) is 0 Å². The number of rotatable bonds is 7. The van der Waals surface area contributed by atoms with E-state index in [1.54, 1.807) is 0 Å². The fourth-order valence-corrected chi connectivity index (χ4v) is 12.6. The van der Waals surface area contributed by atoms with Crippen molar-refractivity contribution in [3.05, 3.63) is 241 Å². The first-order valence-corrected chi connectivity index (χ1v) is 30.0. The molecule has 14 aromatic rings. The largest absolute Gasteiger partial charge is 0.309 e. The molecule has 0 aliphatic carbocycles. The van der Waals surface area contributed by atoms with E-state index in [2.05, 4.69) is 315 Å². The highest BCUT2D eigenvalue weighted by molar-refractivity contribution is 6.14. The molecule has 0 unspecified atom stereocenters. The molecule has 6 nitrogen and oxygen atoms in total. The lowest BCUT2D eigenvalue weighted by Crippen LogP contribution is -2.10. The predicted octanol–water partition coefficient (Wildman–Crippen LogP) is 21.0. The van der Waals surface area contributed by atoms with Gasteiger partial charge in [-0.25, -0.2) is 4.98 Å². The van der Waals surface area contributed by atoms with Crippen LogP contribution in [0.1, 0.15) is 105 Å². The van der Waals surface area contributed by atoms with Crippen LogP contribution in [0.3, 0.4) is 0 Å². The zero-order valence-electron chi connectivity index (χ0n) is 51.0. The lowest BCUT2D eigenvalue weighted by atomic mass is 9.85. The Labute approximate surface area is 499 Å². The van der Waals surface area contributed by atoms with Gasteiger partial charge in [0, 0.05) is 54.8 Å². The van der Waals surface area contributed by atoms with Crippen LogP contribution in [0.2, 0.25) is 0 Å². The van der Waals surface area contributed by atoms with Crippen molar-refractivity contribution in [3.8, 4) is 62.4 Å². The van der Waals surface area contributed by atoms with E-state index in [1.807, 2.05) is 0 Å². The fourth-order valence-electron chi connectivity index (χ4n) is 12.6. The smallest absolute Gasteiger partial charge is 0.238 e. The Morgan fingerprint density at radius 1 is 0.235 bits per heavy atom. The minimum absolute atomic E-state index is 0.0190. The van der Waals surface area contributed by atoms with Gasteiger partial charge in [0.15, 0.2) is 11.6 Å². The standard InChI is InChI=1S/C79H72N6/c1-76(2,3)55-31-37-67-61(43-55)62-44-56(77(4,5)6)32-38-68(62)83(67)59-35-41-71-65(47-59)66-48-60(84-69-39-33-57(78(7,8)9)45-63(69)64-46-58(79(10,11)12)34-40-70(64)84)36-42-72(66)85(71)75-81-73(53-27-23-51(24-28-53)49-19-15-13-16-20-49)80-74(82-75)54-29-25-52(26-30-54)50-21-17-14-18-22-50/h13-48H,1-12H3. The van der Waals surface area contributed by atoms with E-state index in [4.69, 9.17) is 15.0 Å². The number of aromatic nitrogens is 6. The summed E-state index contributed by atoms with van der Waals surface area (Å²) in [5.74, 6) is 1.74. The number of hydrogen-bond acceptors (Lipinski definition) is 3. The summed E-state index contributed by atoms with van der Waals surface area (Å²) in [5, 5.41) is 7.22. The van der Waals surface area contributed by atoms with Gasteiger partial charge in [-0.3, -0.25) is 4.57 Å². The first kappa shape index (κ1) is 53.6. The van der Waals surface area contributed by atoms with Gasteiger partial charge in [-0.05, 0) is 151 Å². The first-order chi connectivity index (χ1) is 40.6. The van der Waals surface area contributed by atoms with Gasteiger partial charge in [0.25, 0.3) is 0 Å². The zero-order chi connectivity index (χ0) is 58.9. The quantitative estimate of drug-likeness (QED) is 0.160. The van der Waals surface area contributed by atoms with Crippen LogP contribution in [-0.4, -0.2) is 28.7 Å². The summed E-state index contributed by atoms with van der Waals surface area (Å²) in [4.78, 5) is 16.3. The summed E-state index contributed by atoms with van der Waals surface area (Å²) in [6, 6.07) is 80.5. The Hall–Kier alpha value is -9.39. The average Bonchev–Trinajstić information content (AvgIpc) is 1.87. The van der Waals surface area contributed by atoms with E-state index >= 15 is 0 Å². The van der Waals surface area contributed by atoms with Crippen molar-refractivity contribution in [2.24, 2.45) is 0 Å². The Kier molecular flexibility index (Phi) is 12.4. The third-order valence-corrected chi connectivity index (χ3v) is 17.6. The van der Waals surface area contributed by atoms with Gasteiger partial charge in [-0.2, -0.15) is 9.97 Å². The van der Waals surface area contributed by atoms with Crippen LogP contribution < -0.4 is 0 Å². The lowest BCUT2D eigenvalue weighted by molar-refractivity contribution is 0.590. The van der Waals surface area contributed by atoms with Crippen molar-refractivity contribution in [1.29, 1.82) is 0 Å². The van der Waals surface area contributed by atoms with Crippen molar-refractivity contribution in [2.75, 3.05) is 0 Å². The van der Waals surface area contributed by atoms with Gasteiger partial charge in [0.1, 0.15) is 0 Å². The molecule has 0 spiro atoms. The molecule has 0 atom stereocenters. The highest BCUT2D eigenvalue weighted by atomic mass is 15.2. The highest BCUT2D eigenvalue weighted by Gasteiger charge is 2.26. The Bertz CT molecular complexity index is 4480. The minimum Gasteiger partial charge on any atom is -0.309 e. The molecule has 4 aromatic heterocycles. The fraction of sp³-hybridized carbons (Fsp3) is 0.203. The van der Waals surface area contributed by atoms with Crippen LogP contribution >= 0.6 is 0 Å². The maximum atomic E-state index is 5.49. The van der Waals surface area contributed by atoms with E-state index < -0.39 is 0 Å². The molecular formula is C79H72N6. The number of fused-ring (bicyclic) bond motifs is 9. The molecule has 418 valence electrons. The van der Waals surface area contributed by atoms with Crippen molar-refractivity contribution in [3.63, 3.8) is 0 Å². The molecule has 0 saturated carbocycles. The summed E-state index contributed by atoms with van der Waals surface area (Å²) < 4.78 is 7.21. The van der Waals surface area contributed by atoms with E-state index in [0.717, 1.165) is 66.6 Å². The molecule has 10 aromatic carbocycles. The van der Waals surface area contributed by atoms with Crippen molar-refractivity contribution >= 4 is 65.4 Å². The van der Waals surface area contributed by atoms with E-state index in [0.29, 0.717) is 17.6 Å². The maximum Gasteiger partial charge on any atom is 0.238 e. The minimum atomic E-state index is -0.0190. The van der Waals surface area contributed by atoms with Gasteiger partial charge < -0.3 is 9.13 Å². The summed E-state index contributed by atoms with van der Waals surface area (Å²) in [6.07, 6.45) is 0. The molecule has 0 bridgehead atoms. The molecular weight excluding hydrogens is 1030 g/mol. The van der Waals surface area contributed by atoms with Gasteiger partial charge in [0.2, 0.25) is 5.95 Å². The molecule has 0 amide bonds. The Morgan fingerprint density at radius 2 is 0.494 bits per heavy atom. The van der Waals surface area contributed by atoms with Crippen molar-refractivity contribution < 1.29 is 0 Å². The van der Waals surface area contributed by atoms with Gasteiger partial charge in [-0.15, -0.1) is 0 Å². The van der Waals surface area contributed by atoms with E-state index in [-0.39, 0.29) is 21.7 Å². The van der Waals surface area contributed by atoms with E-state index in [1.165, 1.54) is 65.9 Å². The van der Waals surface area contributed by atoms with Crippen molar-refractivity contribution in [2.45, 2.75) is 105 Å². The normalized spacial score (nSPS) is 12.7. The molecule has 0 radical (unpaired) electrons. The van der Waals surface area contributed by atoms with Crippen LogP contribution in [0, 0.1) is 0 Å². The Balaban J connectivity index is 1.04. The Morgan fingerprint density at radius 3 is 0.800 bits per heavy atom. The topological polar surface area (TPSA) is 53.5 Å². The predicted molar refractivity (Wildman–Crippen MR) is 359 cm³/mol. The van der Waals surface area contributed by atoms with E-state index in [9.17, 15) is 0 Å². The molecule has 14 rings (SSSR count). The molecule has 0 aliphatic heterocycles. The second-order valence-corrected chi connectivity index (χ2v) is 27.5. The summed E-state index contributed by atoms with van der Waals surface area (Å²) in [6.45, 7) is 27.7. The summed E-state index contributed by atoms with van der Waals surface area (Å²) >= 11 is 0. The number of benzene rings is 10. The zero-order valence-corrected chi connectivity index (χ0v) is 51.0. The maximum absolute atomic E-state index is 5.49. The van der Waals surface area contributed by atoms with Crippen LogP contribution in [0.25, 0.3) is 128 Å². The first-order valence-electron chi connectivity index (χ1n) is 30.0. The molecule has 0 aliphatic rings. The van der Waals surface area contributed by atoms with Crippen LogP contribution in [0.15, 0.2) is 218 Å². The summed E-state index contributed by atoms with van der Waals surface area (Å²) in [7, 11) is 0.